The Labute approximate surface area is 107 Å². The lowest BCUT2D eigenvalue weighted by atomic mass is 10.2. The van der Waals surface area contributed by atoms with Crippen LogP contribution in [0, 0.1) is 6.92 Å². The minimum absolute atomic E-state index is 0.0596. The molecule has 1 rings (SSSR count). The first kappa shape index (κ1) is 13.9. The van der Waals surface area contributed by atoms with E-state index in [1.807, 2.05) is 32.0 Å². The Morgan fingerprint density at radius 2 is 2.24 bits per heavy atom. The summed E-state index contributed by atoms with van der Waals surface area (Å²) in [5.41, 5.74) is 7.76. The number of anilines is 1. The molecule has 0 bridgehead atoms. The number of amides is 1. The summed E-state index contributed by atoms with van der Waals surface area (Å²) < 4.78 is 0. The number of aryl methyl sites for hydroxylation is 1. The molecular formula is C13H20N2OS. The van der Waals surface area contributed by atoms with E-state index in [4.69, 9.17) is 5.73 Å². The van der Waals surface area contributed by atoms with Gasteiger partial charge in [-0.15, -0.1) is 11.8 Å². The van der Waals surface area contributed by atoms with Crippen molar-refractivity contribution in [3.05, 3.63) is 23.8 Å². The molecule has 0 spiro atoms. The summed E-state index contributed by atoms with van der Waals surface area (Å²) >= 11 is 1.48. The second-order valence-corrected chi connectivity index (χ2v) is 5.22. The van der Waals surface area contributed by atoms with Crippen molar-refractivity contribution in [3.63, 3.8) is 0 Å². The highest BCUT2D eigenvalue weighted by Crippen LogP contribution is 2.25. The first-order chi connectivity index (χ1) is 8.02. The van der Waals surface area contributed by atoms with Crippen molar-refractivity contribution in [3.8, 4) is 0 Å². The molecule has 3 nitrogen and oxygen atoms in total. The molecule has 1 atom stereocenters. The quantitative estimate of drug-likeness (QED) is 0.625. The van der Waals surface area contributed by atoms with Gasteiger partial charge < -0.3 is 11.1 Å². The van der Waals surface area contributed by atoms with Crippen LogP contribution < -0.4 is 11.1 Å². The molecule has 17 heavy (non-hydrogen) atoms. The Hall–Kier alpha value is -1.16. The van der Waals surface area contributed by atoms with Gasteiger partial charge in [0.05, 0.1) is 5.75 Å². The van der Waals surface area contributed by atoms with Crippen LogP contribution in [0.4, 0.5) is 5.69 Å². The molecule has 0 aromatic heterocycles. The van der Waals surface area contributed by atoms with Crippen molar-refractivity contribution in [2.75, 3.05) is 11.5 Å². The number of carbonyl (C=O) groups is 1. The van der Waals surface area contributed by atoms with Gasteiger partial charge in [0.2, 0.25) is 5.91 Å². The lowest BCUT2D eigenvalue weighted by molar-refractivity contribution is -0.119. The molecule has 94 valence electrons. The first-order valence-electron chi connectivity index (χ1n) is 5.81. The minimum atomic E-state index is 0.0596. The topological polar surface area (TPSA) is 55.1 Å². The number of nitrogens with one attached hydrogen (secondary N) is 1. The zero-order chi connectivity index (χ0) is 12.8. The summed E-state index contributed by atoms with van der Waals surface area (Å²) in [7, 11) is 0. The lowest BCUT2D eigenvalue weighted by Gasteiger charge is -2.11. The molecule has 1 aromatic carbocycles. The highest BCUT2D eigenvalue weighted by molar-refractivity contribution is 8.00. The second-order valence-electron chi connectivity index (χ2n) is 4.21. The molecule has 0 saturated carbocycles. The highest BCUT2D eigenvalue weighted by atomic mass is 32.2. The Morgan fingerprint density at radius 1 is 1.53 bits per heavy atom. The fraction of sp³-hybridized carbons (Fsp3) is 0.462. The van der Waals surface area contributed by atoms with Gasteiger partial charge in [0.1, 0.15) is 0 Å². The van der Waals surface area contributed by atoms with Gasteiger partial charge in [0.15, 0.2) is 0 Å². The van der Waals surface area contributed by atoms with Crippen LogP contribution in [0.15, 0.2) is 23.1 Å². The average molecular weight is 252 g/mol. The monoisotopic (exact) mass is 252 g/mol. The van der Waals surface area contributed by atoms with Gasteiger partial charge in [-0.2, -0.15) is 0 Å². The molecule has 1 unspecified atom stereocenters. The third kappa shape index (κ3) is 4.69. The summed E-state index contributed by atoms with van der Waals surface area (Å²) in [6.07, 6.45) is 0.947. The van der Waals surface area contributed by atoms with Gasteiger partial charge in [-0.1, -0.05) is 13.0 Å². The van der Waals surface area contributed by atoms with Crippen LogP contribution in [0.2, 0.25) is 0 Å². The molecule has 1 amide bonds. The number of thioether (sulfide) groups is 1. The van der Waals surface area contributed by atoms with Gasteiger partial charge in [-0.05, 0) is 38.0 Å². The number of nitrogens with two attached hydrogens (primary N) is 1. The third-order valence-corrected chi connectivity index (χ3v) is 3.63. The van der Waals surface area contributed by atoms with Crippen LogP contribution in [0.25, 0.3) is 0 Å². The van der Waals surface area contributed by atoms with Crippen LogP contribution in [0.1, 0.15) is 25.8 Å². The summed E-state index contributed by atoms with van der Waals surface area (Å²) in [5.74, 6) is 0.474. The number of rotatable bonds is 5. The number of carbonyl (C=O) groups excluding carboxylic acids is 1. The number of nitrogen functional groups attached to an aromatic ring is 1. The molecule has 0 aliphatic heterocycles. The number of hydrogen-bond donors (Lipinski definition) is 2. The Bertz CT molecular complexity index is 393. The molecule has 0 fully saturated rings. The van der Waals surface area contributed by atoms with Crippen LogP contribution in [0.3, 0.4) is 0 Å². The summed E-state index contributed by atoms with van der Waals surface area (Å²) in [5, 5.41) is 2.93. The standard InChI is InChI=1S/C13H20N2OS/c1-4-10(3)15-13(16)8-17-12-6-5-9(2)7-11(12)14/h5-7,10H,4,8,14H2,1-3H3,(H,15,16). The average Bonchev–Trinajstić information content (AvgIpc) is 2.27. The molecule has 0 aliphatic carbocycles. The van der Waals surface area contributed by atoms with E-state index < -0.39 is 0 Å². The van der Waals surface area contributed by atoms with Crippen molar-refractivity contribution in [2.45, 2.75) is 38.1 Å². The van der Waals surface area contributed by atoms with E-state index in [2.05, 4.69) is 12.2 Å². The van der Waals surface area contributed by atoms with E-state index in [-0.39, 0.29) is 11.9 Å². The molecule has 3 N–H and O–H groups in total. The van der Waals surface area contributed by atoms with E-state index >= 15 is 0 Å². The largest absolute Gasteiger partial charge is 0.398 e. The maximum Gasteiger partial charge on any atom is 0.230 e. The maximum absolute atomic E-state index is 11.6. The van der Waals surface area contributed by atoms with Crippen molar-refractivity contribution in [1.82, 2.24) is 5.32 Å². The van der Waals surface area contributed by atoms with Crippen LogP contribution >= 0.6 is 11.8 Å². The predicted molar refractivity (Wildman–Crippen MR) is 74.2 cm³/mol. The van der Waals surface area contributed by atoms with Crippen LogP contribution in [-0.2, 0) is 4.79 Å². The molecular weight excluding hydrogens is 232 g/mol. The molecule has 0 radical (unpaired) electrons. The van der Waals surface area contributed by atoms with Gasteiger partial charge in [0.25, 0.3) is 0 Å². The first-order valence-corrected chi connectivity index (χ1v) is 6.79. The second kappa shape index (κ2) is 6.55. The van der Waals surface area contributed by atoms with E-state index in [0.717, 1.165) is 22.6 Å². The molecule has 0 aliphatic rings. The molecule has 0 saturated heterocycles. The van der Waals surface area contributed by atoms with Crippen LogP contribution in [-0.4, -0.2) is 17.7 Å². The zero-order valence-corrected chi connectivity index (χ0v) is 11.4. The van der Waals surface area contributed by atoms with Crippen molar-refractivity contribution < 1.29 is 4.79 Å². The van der Waals surface area contributed by atoms with E-state index in [1.54, 1.807) is 0 Å². The zero-order valence-electron chi connectivity index (χ0n) is 10.6. The third-order valence-electron chi connectivity index (χ3n) is 2.54. The Kier molecular flexibility index (Phi) is 5.35. The van der Waals surface area contributed by atoms with Crippen LogP contribution in [0.5, 0.6) is 0 Å². The smallest absolute Gasteiger partial charge is 0.230 e. The van der Waals surface area contributed by atoms with Crippen molar-refractivity contribution in [1.29, 1.82) is 0 Å². The highest BCUT2D eigenvalue weighted by Gasteiger charge is 2.07. The Morgan fingerprint density at radius 3 is 2.82 bits per heavy atom. The van der Waals surface area contributed by atoms with Gasteiger partial charge in [-0.25, -0.2) is 0 Å². The molecule has 4 heteroatoms. The SMILES string of the molecule is CCC(C)NC(=O)CSc1ccc(C)cc1N. The minimum Gasteiger partial charge on any atom is -0.398 e. The summed E-state index contributed by atoms with van der Waals surface area (Å²) in [6.45, 7) is 6.05. The predicted octanol–water partition coefficient (Wildman–Crippen LogP) is 2.58. The van der Waals surface area contributed by atoms with Crippen molar-refractivity contribution >= 4 is 23.4 Å². The number of hydrogen-bond acceptors (Lipinski definition) is 3. The fourth-order valence-electron chi connectivity index (χ4n) is 1.36. The van der Waals surface area contributed by atoms with Crippen molar-refractivity contribution in [2.24, 2.45) is 0 Å². The molecule has 1 aromatic rings. The van der Waals surface area contributed by atoms with E-state index in [0.29, 0.717) is 5.75 Å². The lowest BCUT2D eigenvalue weighted by Crippen LogP contribution is -2.33. The number of benzene rings is 1. The van der Waals surface area contributed by atoms with E-state index in [1.165, 1.54) is 11.8 Å². The fourth-order valence-corrected chi connectivity index (χ4v) is 2.12. The van der Waals surface area contributed by atoms with Gasteiger partial charge in [0, 0.05) is 16.6 Å². The normalized spacial score (nSPS) is 12.2. The molecule has 0 heterocycles. The van der Waals surface area contributed by atoms with E-state index in [9.17, 15) is 4.79 Å². The summed E-state index contributed by atoms with van der Waals surface area (Å²) in [6, 6.07) is 6.13. The maximum atomic E-state index is 11.6. The Balaban J connectivity index is 2.47. The van der Waals surface area contributed by atoms with Gasteiger partial charge >= 0.3 is 0 Å². The summed E-state index contributed by atoms with van der Waals surface area (Å²) in [4.78, 5) is 12.6. The van der Waals surface area contributed by atoms with Gasteiger partial charge in [-0.3, -0.25) is 4.79 Å².